The Morgan fingerprint density at radius 3 is 2.67 bits per heavy atom. The molecule has 9 heteroatoms. The Morgan fingerprint density at radius 1 is 1.09 bits per heavy atom. The summed E-state index contributed by atoms with van der Waals surface area (Å²) in [5.74, 6) is -0.120. The largest absolute Gasteiger partial charge is 0.310 e. The second-order valence-electron chi connectivity index (χ2n) is 7.94. The van der Waals surface area contributed by atoms with E-state index in [-0.39, 0.29) is 28.1 Å². The van der Waals surface area contributed by atoms with Crippen molar-refractivity contribution >= 4 is 34.4 Å². The summed E-state index contributed by atoms with van der Waals surface area (Å²) >= 11 is 1.09. The molecule has 0 aliphatic heterocycles. The summed E-state index contributed by atoms with van der Waals surface area (Å²) in [7, 11) is 0. The molecule has 7 nitrogen and oxygen atoms in total. The van der Waals surface area contributed by atoms with Gasteiger partial charge < -0.3 is 5.32 Å². The average molecular weight is 464 g/mol. The van der Waals surface area contributed by atoms with Crippen molar-refractivity contribution in [2.45, 2.75) is 36.9 Å². The fraction of sp³-hybridized carbons (Fsp3) is 0.250. The van der Waals surface area contributed by atoms with Crippen LogP contribution in [0.15, 0.2) is 70.7 Å². The number of carbonyl (C=O) groups excluding carboxylic acids is 1. The van der Waals surface area contributed by atoms with E-state index in [1.807, 2.05) is 4.68 Å². The number of hydrogen-bond donors (Lipinski definition) is 1. The number of thioether (sulfide) groups is 1. The molecule has 2 heterocycles. The second kappa shape index (κ2) is 9.19. The maximum Gasteiger partial charge on any atom is 0.266 e. The minimum absolute atomic E-state index is 0.00901. The lowest BCUT2D eigenvalue weighted by molar-refractivity contribution is -0.113. The van der Waals surface area contributed by atoms with Crippen molar-refractivity contribution in [3.63, 3.8) is 0 Å². The van der Waals surface area contributed by atoms with Crippen molar-refractivity contribution in [2.75, 3.05) is 11.1 Å². The summed E-state index contributed by atoms with van der Waals surface area (Å²) in [6.07, 6.45) is 6.11. The first-order chi connectivity index (χ1) is 16.1. The Kier molecular flexibility index (Phi) is 5.95. The van der Waals surface area contributed by atoms with Gasteiger partial charge >= 0.3 is 0 Å². The summed E-state index contributed by atoms with van der Waals surface area (Å²) in [5, 5.41) is 7.92. The Bertz CT molecular complexity index is 1380. The molecule has 0 atom stereocenters. The number of fused-ring (bicyclic) bond motifs is 1. The van der Waals surface area contributed by atoms with Crippen LogP contribution in [-0.2, 0) is 4.79 Å². The number of nitrogens with zero attached hydrogens (tertiary/aromatic N) is 4. The van der Waals surface area contributed by atoms with Gasteiger partial charge in [-0.25, -0.2) is 14.1 Å². The number of aromatic nitrogens is 4. The van der Waals surface area contributed by atoms with Gasteiger partial charge in [-0.2, -0.15) is 5.10 Å². The molecule has 0 spiro atoms. The van der Waals surface area contributed by atoms with Crippen LogP contribution >= 0.6 is 11.8 Å². The minimum atomic E-state index is -0.538. The number of amides is 1. The Morgan fingerprint density at radius 2 is 1.85 bits per heavy atom. The molecule has 0 unspecified atom stereocenters. The first-order valence-corrected chi connectivity index (χ1v) is 11.8. The summed E-state index contributed by atoms with van der Waals surface area (Å²) in [4.78, 5) is 30.5. The highest BCUT2D eigenvalue weighted by Gasteiger charge is 2.21. The third-order valence-corrected chi connectivity index (χ3v) is 6.72. The Hall–Kier alpha value is -3.46. The van der Waals surface area contributed by atoms with Gasteiger partial charge in [-0.1, -0.05) is 48.9 Å². The van der Waals surface area contributed by atoms with E-state index < -0.39 is 5.82 Å². The third-order valence-electron chi connectivity index (χ3n) is 5.78. The van der Waals surface area contributed by atoms with E-state index in [9.17, 15) is 14.0 Å². The maximum absolute atomic E-state index is 14.6. The molecule has 33 heavy (non-hydrogen) atoms. The molecule has 2 aromatic heterocycles. The number of anilines is 1. The number of halogens is 1. The topological polar surface area (TPSA) is 81.8 Å². The molecule has 2 aromatic carbocycles. The zero-order valence-electron chi connectivity index (χ0n) is 17.8. The monoisotopic (exact) mass is 463 g/mol. The van der Waals surface area contributed by atoms with Crippen molar-refractivity contribution in [3.8, 4) is 5.69 Å². The molecule has 5 rings (SSSR count). The molecule has 1 aliphatic rings. The predicted octanol–water partition coefficient (Wildman–Crippen LogP) is 4.57. The lowest BCUT2D eigenvalue weighted by atomic mass is 10.2. The van der Waals surface area contributed by atoms with Crippen LogP contribution in [-0.4, -0.2) is 31.0 Å². The van der Waals surface area contributed by atoms with Gasteiger partial charge in [0.25, 0.3) is 5.56 Å². The van der Waals surface area contributed by atoms with E-state index in [4.69, 9.17) is 0 Å². The van der Waals surface area contributed by atoms with Gasteiger partial charge in [-0.3, -0.25) is 14.2 Å². The molecule has 0 bridgehead atoms. The van der Waals surface area contributed by atoms with E-state index in [0.29, 0.717) is 22.8 Å². The molecule has 1 N–H and O–H groups in total. The third kappa shape index (κ3) is 4.28. The Labute approximate surface area is 193 Å². The van der Waals surface area contributed by atoms with Crippen LogP contribution in [0.5, 0.6) is 0 Å². The molecular weight excluding hydrogens is 441 g/mol. The molecular formula is C24H22FN5O2S. The first kappa shape index (κ1) is 21.4. The number of rotatable bonds is 6. The van der Waals surface area contributed by atoms with Crippen molar-refractivity contribution in [2.24, 2.45) is 0 Å². The molecule has 1 aliphatic carbocycles. The zero-order chi connectivity index (χ0) is 22.8. The van der Waals surface area contributed by atoms with Crippen LogP contribution in [0.2, 0.25) is 0 Å². The van der Waals surface area contributed by atoms with Crippen LogP contribution in [0.25, 0.3) is 16.6 Å². The van der Waals surface area contributed by atoms with Crippen molar-refractivity contribution in [3.05, 3.63) is 77.0 Å². The van der Waals surface area contributed by atoms with Crippen LogP contribution < -0.4 is 10.9 Å². The van der Waals surface area contributed by atoms with Gasteiger partial charge in [0.2, 0.25) is 5.91 Å². The van der Waals surface area contributed by atoms with Crippen LogP contribution in [0.3, 0.4) is 0 Å². The molecule has 1 saturated carbocycles. The van der Waals surface area contributed by atoms with Gasteiger partial charge in [0.05, 0.1) is 34.6 Å². The second-order valence-corrected chi connectivity index (χ2v) is 8.88. The van der Waals surface area contributed by atoms with Crippen LogP contribution in [0.4, 0.5) is 10.2 Å². The highest BCUT2D eigenvalue weighted by Crippen LogP contribution is 2.31. The van der Waals surface area contributed by atoms with E-state index in [0.717, 1.165) is 37.4 Å². The van der Waals surface area contributed by atoms with Crippen LogP contribution in [0, 0.1) is 5.82 Å². The quantitative estimate of drug-likeness (QED) is 0.335. The summed E-state index contributed by atoms with van der Waals surface area (Å²) in [6.45, 7) is 0. The van der Waals surface area contributed by atoms with Gasteiger partial charge in [0.1, 0.15) is 11.6 Å². The summed E-state index contributed by atoms with van der Waals surface area (Å²) in [5.41, 5.74) is 0.216. The standard InChI is InChI=1S/C24H22FN5O2S/c25-18-10-4-6-12-20(18)29-23(32)17-9-3-5-11-19(17)27-24(29)33-15-22(31)28-21-13-14-26-30(21)16-7-1-2-8-16/h3-6,9-14,16H,1-2,7-8,15H2,(H,28,31). The van der Waals surface area contributed by atoms with E-state index >= 15 is 0 Å². The number of benzene rings is 2. The van der Waals surface area contributed by atoms with Crippen molar-refractivity contribution in [1.29, 1.82) is 0 Å². The Balaban J connectivity index is 1.43. The lowest BCUT2D eigenvalue weighted by Gasteiger charge is -2.15. The van der Waals surface area contributed by atoms with Gasteiger partial charge in [0.15, 0.2) is 5.16 Å². The summed E-state index contributed by atoms with van der Waals surface area (Å²) in [6, 6.07) is 15.0. The highest BCUT2D eigenvalue weighted by atomic mass is 32.2. The molecule has 0 radical (unpaired) electrons. The summed E-state index contributed by atoms with van der Waals surface area (Å²) < 4.78 is 17.7. The van der Waals surface area contributed by atoms with Crippen molar-refractivity contribution in [1.82, 2.24) is 19.3 Å². The number of para-hydroxylation sites is 2. The van der Waals surface area contributed by atoms with E-state index in [2.05, 4.69) is 15.4 Å². The highest BCUT2D eigenvalue weighted by molar-refractivity contribution is 7.99. The first-order valence-electron chi connectivity index (χ1n) is 10.8. The average Bonchev–Trinajstić information content (AvgIpc) is 3.51. The number of nitrogens with one attached hydrogen (secondary N) is 1. The fourth-order valence-corrected chi connectivity index (χ4v) is 5.02. The molecule has 4 aromatic rings. The number of hydrogen-bond acceptors (Lipinski definition) is 5. The minimum Gasteiger partial charge on any atom is -0.310 e. The van der Waals surface area contributed by atoms with E-state index in [1.165, 1.54) is 16.7 Å². The molecule has 168 valence electrons. The predicted molar refractivity (Wildman–Crippen MR) is 126 cm³/mol. The SMILES string of the molecule is O=C(CSc1nc2ccccc2c(=O)n1-c1ccccc1F)Nc1ccnn1C1CCCC1. The van der Waals surface area contributed by atoms with Crippen LogP contribution in [0.1, 0.15) is 31.7 Å². The maximum atomic E-state index is 14.6. The van der Waals surface area contributed by atoms with E-state index in [1.54, 1.807) is 48.7 Å². The zero-order valence-corrected chi connectivity index (χ0v) is 18.6. The lowest BCUT2D eigenvalue weighted by Crippen LogP contribution is -2.24. The normalized spacial score (nSPS) is 14.1. The fourth-order valence-electron chi connectivity index (χ4n) is 4.22. The number of carbonyl (C=O) groups is 1. The van der Waals surface area contributed by atoms with Gasteiger partial charge in [0, 0.05) is 6.07 Å². The molecule has 0 saturated heterocycles. The smallest absolute Gasteiger partial charge is 0.266 e. The van der Waals surface area contributed by atoms with Crippen molar-refractivity contribution < 1.29 is 9.18 Å². The van der Waals surface area contributed by atoms with Gasteiger partial charge in [-0.05, 0) is 37.1 Å². The van der Waals surface area contributed by atoms with Gasteiger partial charge in [-0.15, -0.1) is 0 Å². The molecule has 1 amide bonds. The molecule has 1 fully saturated rings.